The molecule has 0 aliphatic rings. The van der Waals surface area contributed by atoms with Crippen LogP contribution in [0.5, 0.6) is 0 Å². The van der Waals surface area contributed by atoms with Gasteiger partial charge in [-0.2, -0.15) is 0 Å². The monoisotopic (exact) mass is 254 g/mol. The van der Waals surface area contributed by atoms with Gasteiger partial charge in [0.05, 0.1) is 9.64 Å². The van der Waals surface area contributed by atoms with Crippen molar-refractivity contribution in [3.8, 4) is 0 Å². The molecule has 17 heavy (non-hydrogen) atoms. The fraction of sp³-hybridized carbons (Fsp3) is 0.462. The number of ketones is 1. The minimum Gasteiger partial charge on any atom is -0.300 e. The Labute approximate surface area is 103 Å². The summed E-state index contributed by atoms with van der Waals surface area (Å²) in [6, 6.07) is 6.70. The van der Waals surface area contributed by atoms with Gasteiger partial charge in [0.1, 0.15) is 5.78 Å². The summed E-state index contributed by atoms with van der Waals surface area (Å²) in [7, 11) is -3.47. The van der Waals surface area contributed by atoms with Gasteiger partial charge >= 0.3 is 0 Å². The van der Waals surface area contributed by atoms with Gasteiger partial charge in [0.2, 0.25) is 0 Å². The van der Waals surface area contributed by atoms with E-state index in [1.54, 1.807) is 38.1 Å². The molecule has 0 aliphatic carbocycles. The van der Waals surface area contributed by atoms with Gasteiger partial charge in [0.15, 0.2) is 9.84 Å². The van der Waals surface area contributed by atoms with Crippen LogP contribution in [-0.2, 0) is 14.6 Å². The maximum absolute atomic E-state index is 12.3. The molecular formula is C13H18O3S. The Morgan fingerprint density at radius 1 is 1.18 bits per heavy atom. The fourth-order valence-corrected chi connectivity index (χ4v) is 3.26. The first-order valence-electron chi connectivity index (χ1n) is 5.47. The standard InChI is InChI=1S/C13H18O3S/c1-10-5-7-12(8-6-10)17(15,16)13(3,4)9-11(2)14/h5-8H,9H2,1-4H3. The van der Waals surface area contributed by atoms with Crippen molar-refractivity contribution in [2.24, 2.45) is 0 Å². The second kappa shape index (κ2) is 4.61. The molecule has 1 aromatic rings. The zero-order valence-corrected chi connectivity index (χ0v) is 11.5. The lowest BCUT2D eigenvalue weighted by atomic mass is 10.1. The van der Waals surface area contributed by atoms with Crippen LogP contribution in [-0.4, -0.2) is 18.9 Å². The first-order chi connectivity index (χ1) is 7.67. The van der Waals surface area contributed by atoms with Crippen LogP contribution in [0.15, 0.2) is 29.2 Å². The smallest absolute Gasteiger partial charge is 0.183 e. The Hall–Kier alpha value is -1.16. The summed E-state index contributed by atoms with van der Waals surface area (Å²) in [6.45, 7) is 6.48. The first-order valence-corrected chi connectivity index (χ1v) is 6.96. The Morgan fingerprint density at radius 2 is 1.65 bits per heavy atom. The zero-order chi connectivity index (χ0) is 13.3. The lowest BCUT2D eigenvalue weighted by molar-refractivity contribution is -0.117. The van der Waals surface area contributed by atoms with Crippen molar-refractivity contribution in [1.29, 1.82) is 0 Å². The summed E-state index contributed by atoms with van der Waals surface area (Å²) < 4.78 is 23.6. The molecule has 0 atom stereocenters. The highest BCUT2D eigenvalue weighted by Gasteiger charge is 2.36. The molecule has 0 aliphatic heterocycles. The molecule has 4 heteroatoms. The van der Waals surface area contributed by atoms with Crippen LogP contribution < -0.4 is 0 Å². The van der Waals surface area contributed by atoms with E-state index in [4.69, 9.17) is 0 Å². The summed E-state index contributed by atoms with van der Waals surface area (Å²) in [5.41, 5.74) is 1.01. The predicted octanol–water partition coefficient (Wildman–Crippen LogP) is 2.53. The maximum Gasteiger partial charge on any atom is 0.183 e. The summed E-state index contributed by atoms with van der Waals surface area (Å²) >= 11 is 0. The maximum atomic E-state index is 12.3. The van der Waals surface area contributed by atoms with Crippen molar-refractivity contribution in [3.63, 3.8) is 0 Å². The number of benzene rings is 1. The number of hydrogen-bond acceptors (Lipinski definition) is 3. The minimum atomic E-state index is -3.47. The van der Waals surface area contributed by atoms with Crippen LogP contribution in [0.25, 0.3) is 0 Å². The average molecular weight is 254 g/mol. The van der Waals surface area contributed by atoms with Crippen LogP contribution in [0.4, 0.5) is 0 Å². The zero-order valence-electron chi connectivity index (χ0n) is 10.6. The van der Waals surface area contributed by atoms with E-state index in [0.717, 1.165) is 5.56 Å². The molecule has 0 spiro atoms. The number of carbonyl (C=O) groups excluding carboxylic acids is 1. The van der Waals surface area contributed by atoms with Gasteiger partial charge in [-0.05, 0) is 39.8 Å². The molecule has 0 unspecified atom stereocenters. The van der Waals surface area contributed by atoms with Crippen LogP contribution in [0.2, 0.25) is 0 Å². The molecule has 0 N–H and O–H groups in total. The third-order valence-electron chi connectivity index (χ3n) is 2.73. The quantitative estimate of drug-likeness (QED) is 0.829. The van der Waals surface area contributed by atoms with Crippen molar-refractivity contribution in [2.45, 2.75) is 43.8 Å². The predicted molar refractivity (Wildman–Crippen MR) is 67.7 cm³/mol. The highest BCUT2D eigenvalue weighted by molar-refractivity contribution is 7.92. The van der Waals surface area contributed by atoms with E-state index in [-0.39, 0.29) is 17.1 Å². The topological polar surface area (TPSA) is 51.2 Å². The number of aryl methyl sites for hydroxylation is 1. The molecule has 0 radical (unpaired) electrons. The molecule has 0 amide bonds. The average Bonchev–Trinajstić information content (AvgIpc) is 2.16. The Bertz CT molecular complexity index is 510. The molecule has 1 aromatic carbocycles. The molecule has 0 saturated heterocycles. The Kier molecular flexibility index (Phi) is 3.77. The second-order valence-electron chi connectivity index (χ2n) is 4.95. The van der Waals surface area contributed by atoms with Gasteiger partial charge in [0, 0.05) is 6.42 Å². The van der Waals surface area contributed by atoms with Crippen molar-refractivity contribution in [2.75, 3.05) is 0 Å². The molecule has 0 heterocycles. The second-order valence-corrected chi connectivity index (χ2v) is 7.54. The number of rotatable bonds is 4. The van der Waals surface area contributed by atoms with Gasteiger partial charge in [-0.3, -0.25) is 4.79 Å². The molecule has 0 aromatic heterocycles. The number of hydrogen-bond donors (Lipinski definition) is 0. The molecule has 0 fully saturated rings. The van der Waals surface area contributed by atoms with Gasteiger partial charge < -0.3 is 0 Å². The summed E-state index contributed by atoms with van der Waals surface area (Å²) in [5, 5.41) is 0. The van der Waals surface area contributed by atoms with Gasteiger partial charge in [-0.1, -0.05) is 17.7 Å². The van der Waals surface area contributed by atoms with Gasteiger partial charge in [-0.25, -0.2) is 8.42 Å². The lowest BCUT2D eigenvalue weighted by Crippen LogP contribution is -2.34. The third-order valence-corrected chi connectivity index (χ3v) is 5.23. The van der Waals surface area contributed by atoms with E-state index in [2.05, 4.69) is 0 Å². The highest BCUT2D eigenvalue weighted by atomic mass is 32.2. The fourth-order valence-electron chi connectivity index (χ4n) is 1.73. The van der Waals surface area contributed by atoms with E-state index in [0.29, 0.717) is 0 Å². The summed E-state index contributed by atoms with van der Waals surface area (Å²) in [4.78, 5) is 11.4. The van der Waals surface area contributed by atoms with Crippen LogP contribution >= 0.6 is 0 Å². The van der Waals surface area contributed by atoms with Crippen molar-refractivity contribution < 1.29 is 13.2 Å². The Balaban J connectivity index is 3.19. The molecule has 94 valence electrons. The van der Waals surface area contributed by atoms with Crippen LogP contribution in [0.1, 0.15) is 32.8 Å². The SMILES string of the molecule is CC(=O)CC(C)(C)S(=O)(=O)c1ccc(C)cc1. The van der Waals surface area contributed by atoms with Crippen molar-refractivity contribution in [3.05, 3.63) is 29.8 Å². The summed E-state index contributed by atoms with van der Waals surface area (Å²) in [6.07, 6.45) is 0.0310. The molecular weight excluding hydrogens is 236 g/mol. The number of sulfone groups is 1. The normalized spacial score (nSPS) is 12.5. The molecule has 3 nitrogen and oxygen atoms in total. The van der Waals surface area contributed by atoms with Gasteiger partial charge in [-0.15, -0.1) is 0 Å². The minimum absolute atomic E-state index is 0.0310. The van der Waals surface area contributed by atoms with Crippen LogP contribution in [0.3, 0.4) is 0 Å². The van der Waals surface area contributed by atoms with Crippen molar-refractivity contribution in [1.82, 2.24) is 0 Å². The first kappa shape index (κ1) is 13.9. The van der Waals surface area contributed by atoms with E-state index in [1.807, 2.05) is 6.92 Å². The summed E-state index contributed by atoms with van der Waals surface area (Å²) in [5.74, 6) is -0.120. The highest BCUT2D eigenvalue weighted by Crippen LogP contribution is 2.28. The van der Waals surface area contributed by atoms with E-state index in [1.165, 1.54) is 6.92 Å². The lowest BCUT2D eigenvalue weighted by Gasteiger charge is -2.23. The Morgan fingerprint density at radius 3 is 2.06 bits per heavy atom. The molecule has 1 rings (SSSR count). The molecule has 0 bridgehead atoms. The third kappa shape index (κ3) is 2.94. The van der Waals surface area contributed by atoms with Crippen LogP contribution in [0, 0.1) is 6.92 Å². The van der Waals surface area contributed by atoms with Gasteiger partial charge in [0.25, 0.3) is 0 Å². The number of carbonyl (C=O) groups is 1. The van der Waals surface area contributed by atoms with E-state index < -0.39 is 14.6 Å². The largest absolute Gasteiger partial charge is 0.300 e. The molecule has 0 saturated carbocycles. The van der Waals surface area contributed by atoms with E-state index >= 15 is 0 Å². The van der Waals surface area contributed by atoms with E-state index in [9.17, 15) is 13.2 Å². The number of Topliss-reactive ketones (excluding diaryl/α,β-unsaturated/α-hetero) is 1. The van der Waals surface area contributed by atoms with Crippen molar-refractivity contribution >= 4 is 15.6 Å².